The van der Waals surface area contributed by atoms with Gasteiger partial charge in [0.2, 0.25) is 6.79 Å². The van der Waals surface area contributed by atoms with Gasteiger partial charge in [0.1, 0.15) is 0 Å². The van der Waals surface area contributed by atoms with E-state index in [0.717, 1.165) is 23.3 Å². The molecule has 0 spiro atoms. The van der Waals surface area contributed by atoms with Gasteiger partial charge in [-0.15, -0.1) is 0 Å². The van der Waals surface area contributed by atoms with Crippen LogP contribution in [0.15, 0.2) is 18.2 Å². The molecule has 4 atom stereocenters. The van der Waals surface area contributed by atoms with Crippen LogP contribution in [0.2, 0.25) is 0 Å². The lowest BCUT2D eigenvalue weighted by Gasteiger charge is -2.28. The summed E-state index contributed by atoms with van der Waals surface area (Å²) in [5, 5.41) is 5.99. The maximum atomic E-state index is 12.2. The summed E-state index contributed by atoms with van der Waals surface area (Å²) in [6, 6.07) is 5.52. The zero-order valence-corrected chi connectivity index (χ0v) is 12.8. The zero-order valence-electron chi connectivity index (χ0n) is 12.8. The van der Waals surface area contributed by atoms with E-state index in [1.807, 2.05) is 12.1 Å². The largest absolute Gasteiger partial charge is 0.454 e. The monoisotopic (exact) mass is 302 g/mol. The number of hydrogen-bond acceptors (Lipinski definition) is 3. The first kappa shape index (κ1) is 13.7. The number of benzene rings is 1. The number of rotatable bonds is 3. The van der Waals surface area contributed by atoms with Crippen molar-refractivity contribution >= 4 is 11.7 Å². The summed E-state index contributed by atoms with van der Waals surface area (Å²) in [6.07, 6.45) is 5.36. The summed E-state index contributed by atoms with van der Waals surface area (Å²) in [4.78, 5) is 12.2. The second kappa shape index (κ2) is 5.38. The molecule has 22 heavy (non-hydrogen) atoms. The van der Waals surface area contributed by atoms with Crippen molar-refractivity contribution in [3.63, 3.8) is 0 Å². The molecule has 0 unspecified atom stereocenters. The standard InChI is InChI=1S/C17H22N2O3/c1-10(14-7-11-2-3-12(14)6-11)18-17(20)19-13-4-5-15-16(8-13)22-9-21-15/h4-5,8,10-12,14H,2-3,6-7,9H2,1H3,(H2,18,19,20)/t10-,11+,12+,14+/m1/s1. The predicted molar refractivity (Wildman–Crippen MR) is 83.1 cm³/mol. The van der Waals surface area contributed by atoms with Gasteiger partial charge in [-0.1, -0.05) is 6.42 Å². The summed E-state index contributed by atoms with van der Waals surface area (Å²) < 4.78 is 10.6. The molecule has 3 aliphatic rings. The van der Waals surface area contributed by atoms with Crippen molar-refractivity contribution in [2.45, 2.75) is 38.6 Å². The molecule has 2 aliphatic carbocycles. The van der Waals surface area contributed by atoms with Crippen LogP contribution >= 0.6 is 0 Å². The molecule has 118 valence electrons. The van der Waals surface area contributed by atoms with Crippen molar-refractivity contribution in [2.24, 2.45) is 17.8 Å². The molecule has 0 aromatic heterocycles. The molecular formula is C17H22N2O3. The summed E-state index contributed by atoms with van der Waals surface area (Å²) in [7, 11) is 0. The number of carbonyl (C=O) groups is 1. The Labute approximate surface area is 130 Å². The second-order valence-corrected chi connectivity index (χ2v) is 6.79. The highest BCUT2D eigenvalue weighted by Gasteiger charge is 2.42. The van der Waals surface area contributed by atoms with Gasteiger partial charge in [-0.25, -0.2) is 4.79 Å². The van der Waals surface area contributed by atoms with E-state index in [0.29, 0.717) is 11.7 Å². The number of hydrogen-bond donors (Lipinski definition) is 2. The van der Waals surface area contributed by atoms with Crippen LogP contribution in [0, 0.1) is 17.8 Å². The Bertz CT molecular complexity index is 589. The highest BCUT2D eigenvalue weighted by molar-refractivity contribution is 5.89. The SMILES string of the molecule is C[C@@H](NC(=O)Nc1ccc2c(c1)OCO2)[C@@H]1C[C@H]2CC[C@H]1C2. The Morgan fingerprint density at radius 3 is 2.86 bits per heavy atom. The molecule has 1 aliphatic heterocycles. The first-order valence-corrected chi connectivity index (χ1v) is 8.16. The Morgan fingerprint density at radius 1 is 1.23 bits per heavy atom. The zero-order chi connectivity index (χ0) is 15.1. The minimum atomic E-state index is -0.144. The van der Waals surface area contributed by atoms with E-state index in [-0.39, 0.29) is 18.9 Å². The molecule has 2 bridgehead atoms. The predicted octanol–water partition coefficient (Wildman–Crippen LogP) is 3.36. The van der Waals surface area contributed by atoms with Gasteiger partial charge in [0, 0.05) is 17.8 Å². The summed E-state index contributed by atoms with van der Waals surface area (Å²) >= 11 is 0. The third-order valence-electron chi connectivity index (χ3n) is 5.42. The summed E-state index contributed by atoms with van der Waals surface area (Å²) in [5.74, 6) is 3.75. The van der Waals surface area contributed by atoms with Crippen LogP contribution < -0.4 is 20.1 Å². The first-order valence-electron chi connectivity index (χ1n) is 8.16. The molecule has 5 heteroatoms. The topological polar surface area (TPSA) is 59.6 Å². The second-order valence-electron chi connectivity index (χ2n) is 6.79. The molecule has 5 nitrogen and oxygen atoms in total. The minimum absolute atomic E-state index is 0.144. The third kappa shape index (κ3) is 2.49. The smallest absolute Gasteiger partial charge is 0.319 e. The fourth-order valence-electron chi connectivity index (χ4n) is 4.36. The first-order chi connectivity index (χ1) is 10.7. The highest BCUT2D eigenvalue weighted by atomic mass is 16.7. The van der Waals surface area contributed by atoms with E-state index in [4.69, 9.17) is 9.47 Å². The number of nitrogens with one attached hydrogen (secondary N) is 2. The van der Waals surface area contributed by atoms with Crippen molar-refractivity contribution in [1.82, 2.24) is 5.32 Å². The molecule has 2 N–H and O–H groups in total. The van der Waals surface area contributed by atoms with Gasteiger partial charge in [0.05, 0.1) is 0 Å². The number of ether oxygens (including phenoxy) is 2. The van der Waals surface area contributed by atoms with Gasteiger partial charge < -0.3 is 20.1 Å². The van der Waals surface area contributed by atoms with Gasteiger partial charge >= 0.3 is 6.03 Å². The van der Waals surface area contributed by atoms with Crippen LogP contribution in [0.5, 0.6) is 11.5 Å². The number of carbonyl (C=O) groups excluding carboxylic acids is 1. The van der Waals surface area contributed by atoms with Crippen LogP contribution in [0.4, 0.5) is 10.5 Å². The fraction of sp³-hybridized carbons (Fsp3) is 0.588. The molecule has 0 saturated heterocycles. The van der Waals surface area contributed by atoms with Gasteiger partial charge in [0.25, 0.3) is 0 Å². The van der Waals surface area contributed by atoms with Crippen LogP contribution in [-0.4, -0.2) is 18.9 Å². The molecule has 2 saturated carbocycles. The molecule has 1 heterocycles. The molecule has 0 radical (unpaired) electrons. The van der Waals surface area contributed by atoms with Crippen LogP contribution in [-0.2, 0) is 0 Å². The Morgan fingerprint density at radius 2 is 2.09 bits per heavy atom. The van der Waals surface area contributed by atoms with Crippen molar-refractivity contribution in [3.8, 4) is 11.5 Å². The fourth-order valence-corrected chi connectivity index (χ4v) is 4.36. The van der Waals surface area contributed by atoms with Crippen molar-refractivity contribution in [3.05, 3.63) is 18.2 Å². The molecular weight excluding hydrogens is 280 g/mol. The number of fused-ring (bicyclic) bond motifs is 3. The van der Waals surface area contributed by atoms with Crippen LogP contribution in [0.25, 0.3) is 0 Å². The van der Waals surface area contributed by atoms with Gasteiger partial charge in [0.15, 0.2) is 11.5 Å². The van der Waals surface area contributed by atoms with Gasteiger partial charge in [-0.2, -0.15) is 0 Å². The van der Waals surface area contributed by atoms with E-state index < -0.39 is 0 Å². The van der Waals surface area contributed by atoms with E-state index in [2.05, 4.69) is 17.6 Å². The molecule has 1 aromatic carbocycles. The molecule has 2 fully saturated rings. The van der Waals surface area contributed by atoms with Gasteiger partial charge in [-0.3, -0.25) is 0 Å². The van der Waals surface area contributed by atoms with Crippen molar-refractivity contribution in [1.29, 1.82) is 0 Å². The van der Waals surface area contributed by atoms with E-state index in [9.17, 15) is 4.79 Å². The van der Waals surface area contributed by atoms with E-state index in [1.165, 1.54) is 25.7 Å². The average Bonchev–Trinajstić information content (AvgIpc) is 3.22. The minimum Gasteiger partial charge on any atom is -0.454 e. The Kier molecular flexibility index (Phi) is 3.36. The lowest BCUT2D eigenvalue weighted by Crippen LogP contribution is -2.42. The molecule has 4 rings (SSSR count). The lowest BCUT2D eigenvalue weighted by atomic mass is 9.84. The number of urea groups is 1. The lowest BCUT2D eigenvalue weighted by molar-refractivity contribution is 0.174. The van der Waals surface area contributed by atoms with Crippen molar-refractivity contribution < 1.29 is 14.3 Å². The highest BCUT2D eigenvalue weighted by Crippen LogP contribution is 2.49. The van der Waals surface area contributed by atoms with E-state index >= 15 is 0 Å². The maximum absolute atomic E-state index is 12.2. The Balaban J connectivity index is 1.34. The maximum Gasteiger partial charge on any atom is 0.319 e. The summed E-state index contributed by atoms with van der Waals surface area (Å²) in [5.41, 5.74) is 0.724. The van der Waals surface area contributed by atoms with Crippen LogP contribution in [0.1, 0.15) is 32.6 Å². The quantitative estimate of drug-likeness (QED) is 0.900. The normalized spacial score (nSPS) is 29.4. The number of amides is 2. The number of anilines is 1. The van der Waals surface area contributed by atoms with Gasteiger partial charge in [-0.05, 0) is 56.1 Å². The molecule has 1 aromatic rings. The van der Waals surface area contributed by atoms with E-state index in [1.54, 1.807) is 6.07 Å². The average molecular weight is 302 g/mol. The molecule has 2 amide bonds. The Hall–Kier alpha value is -1.91. The van der Waals surface area contributed by atoms with Crippen molar-refractivity contribution in [2.75, 3.05) is 12.1 Å². The van der Waals surface area contributed by atoms with Crippen LogP contribution in [0.3, 0.4) is 0 Å². The third-order valence-corrected chi connectivity index (χ3v) is 5.42. The summed E-state index contributed by atoms with van der Waals surface area (Å²) in [6.45, 7) is 2.37.